The second-order valence-corrected chi connectivity index (χ2v) is 4.53. The van der Waals surface area contributed by atoms with E-state index in [2.05, 4.69) is 10.3 Å². The van der Waals surface area contributed by atoms with Crippen LogP contribution in [0.2, 0.25) is 0 Å². The standard InChI is InChI=1S/C15H13N3O2/c1-10-9-18-7-6-11(8-14(18)16-10)15(20)17-12-4-2-3-5-13(12)19/h2-9,19H,1H3,(H,17,20). The lowest BCUT2D eigenvalue weighted by Crippen LogP contribution is -2.12. The zero-order valence-electron chi connectivity index (χ0n) is 10.9. The Labute approximate surface area is 115 Å². The molecule has 0 radical (unpaired) electrons. The van der Waals surface area contributed by atoms with Gasteiger partial charge in [0.15, 0.2) is 0 Å². The third-order valence-corrected chi connectivity index (χ3v) is 3.00. The number of benzene rings is 1. The van der Waals surface area contributed by atoms with E-state index >= 15 is 0 Å². The number of phenolic OH excluding ortho intramolecular Hbond substituents is 1. The number of rotatable bonds is 2. The molecule has 0 saturated carbocycles. The summed E-state index contributed by atoms with van der Waals surface area (Å²) in [7, 11) is 0. The second-order valence-electron chi connectivity index (χ2n) is 4.53. The van der Waals surface area contributed by atoms with Gasteiger partial charge in [-0.1, -0.05) is 12.1 Å². The number of hydrogen-bond acceptors (Lipinski definition) is 3. The first-order valence-corrected chi connectivity index (χ1v) is 6.18. The van der Waals surface area contributed by atoms with Crippen LogP contribution in [0.5, 0.6) is 5.75 Å². The van der Waals surface area contributed by atoms with Gasteiger partial charge >= 0.3 is 0 Å². The van der Waals surface area contributed by atoms with Crippen molar-refractivity contribution in [3.05, 3.63) is 60.0 Å². The number of aryl methyl sites for hydroxylation is 1. The van der Waals surface area contributed by atoms with Gasteiger partial charge in [0.1, 0.15) is 11.4 Å². The van der Waals surface area contributed by atoms with E-state index in [1.54, 1.807) is 36.5 Å². The maximum absolute atomic E-state index is 12.2. The summed E-state index contributed by atoms with van der Waals surface area (Å²) >= 11 is 0. The number of aromatic nitrogens is 2. The molecule has 0 atom stereocenters. The Balaban J connectivity index is 1.90. The lowest BCUT2D eigenvalue weighted by molar-refractivity contribution is 0.102. The summed E-state index contributed by atoms with van der Waals surface area (Å²) < 4.78 is 1.85. The monoisotopic (exact) mass is 267 g/mol. The number of amides is 1. The summed E-state index contributed by atoms with van der Waals surface area (Å²) in [5, 5.41) is 12.3. The largest absolute Gasteiger partial charge is 0.506 e. The number of carbonyl (C=O) groups is 1. The van der Waals surface area contributed by atoms with E-state index in [-0.39, 0.29) is 11.7 Å². The zero-order valence-corrected chi connectivity index (χ0v) is 10.9. The third kappa shape index (κ3) is 2.21. The van der Waals surface area contributed by atoms with Crippen molar-refractivity contribution in [3.63, 3.8) is 0 Å². The highest BCUT2D eigenvalue weighted by Crippen LogP contribution is 2.22. The molecule has 0 saturated heterocycles. The van der Waals surface area contributed by atoms with Gasteiger partial charge in [0.05, 0.1) is 11.4 Å². The molecule has 0 aliphatic heterocycles. The fourth-order valence-electron chi connectivity index (χ4n) is 2.02. The normalized spacial score (nSPS) is 10.7. The minimum Gasteiger partial charge on any atom is -0.506 e. The lowest BCUT2D eigenvalue weighted by Gasteiger charge is -2.07. The van der Waals surface area contributed by atoms with Gasteiger partial charge in [0.25, 0.3) is 5.91 Å². The molecule has 0 fully saturated rings. The Morgan fingerprint density at radius 3 is 2.90 bits per heavy atom. The van der Waals surface area contributed by atoms with E-state index in [0.717, 1.165) is 5.69 Å². The molecule has 5 heteroatoms. The molecule has 1 amide bonds. The van der Waals surface area contributed by atoms with Gasteiger partial charge in [-0.05, 0) is 31.2 Å². The van der Waals surface area contributed by atoms with Crippen LogP contribution < -0.4 is 5.32 Å². The third-order valence-electron chi connectivity index (χ3n) is 3.00. The van der Waals surface area contributed by atoms with Crippen LogP contribution in [0.4, 0.5) is 5.69 Å². The van der Waals surface area contributed by atoms with Crippen molar-refractivity contribution in [3.8, 4) is 5.75 Å². The van der Waals surface area contributed by atoms with Gasteiger partial charge in [-0.15, -0.1) is 0 Å². The van der Waals surface area contributed by atoms with Crippen molar-refractivity contribution >= 4 is 17.2 Å². The number of carbonyl (C=O) groups excluding carboxylic acids is 1. The predicted molar refractivity (Wildman–Crippen MR) is 76.0 cm³/mol. The lowest BCUT2D eigenvalue weighted by atomic mass is 10.2. The summed E-state index contributed by atoms with van der Waals surface area (Å²) in [6, 6.07) is 10.0. The quantitative estimate of drug-likeness (QED) is 0.701. The highest BCUT2D eigenvalue weighted by molar-refractivity contribution is 6.05. The van der Waals surface area contributed by atoms with Crippen molar-refractivity contribution in [2.45, 2.75) is 6.92 Å². The molecular formula is C15H13N3O2. The molecule has 0 unspecified atom stereocenters. The van der Waals surface area contributed by atoms with Crippen molar-refractivity contribution in [2.75, 3.05) is 5.32 Å². The fourth-order valence-corrected chi connectivity index (χ4v) is 2.02. The van der Waals surface area contributed by atoms with E-state index in [0.29, 0.717) is 16.9 Å². The summed E-state index contributed by atoms with van der Waals surface area (Å²) in [4.78, 5) is 16.5. The van der Waals surface area contributed by atoms with E-state index in [9.17, 15) is 9.90 Å². The molecule has 100 valence electrons. The molecule has 2 heterocycles. The number of nitrogens with one attached hydrogen (secondary N) is 1. The molecule has 0 spiro atoms. The Morgan fingerprint density at radius 1 is 1.30 bits per heavy atom. The van der Waals surface area contributed by atoms with Crippen LogP contribution in [0.25, 0.3) is 5.65 Å². The molecule has 0 aliphatic rings. The average molecular weight is 267 g/mol. The van der Waals surface area contributed by atoms with E-state index in [1.165, 1.54) is 6.07 Å². The molecule has 3 rings (SSSR count). The van der Waals surface area contributed by atoms with Gasteiger partial charge in [0, 0.05) is 18.0 Å². The van der Waals surface area contributed by atoms with Crippen molar-refractivity contribution in [2.24, 2.45) is 0 Å². The van der Waals surface area contributed by atoms with Crippen LogP contribution in [0.3, 0.4) is 0 Å². The van der Waals surface area contributed by atoms with Crippen molar-refractivity contribution in [1.29, 1.82) is 0 Å². The minimum atomic E-state index is -0.283. The molecule has 5 nitrogen and oxygen atoms in total. The Hall–Kier alpha value is -2.82. The van der Waals surface area contributed by atoms with Gasteiger partial charge < -0.3 is 14.8 Å². The fraction of sp³-hybridized carbons (Fsp3) is 0.0667. The van der Waals surface area contributed by atoms with Crippen molar-refractivity contribution < 1.29 is 9.90 Å². The Morgan fingerprint density at radius 2 is 2.10 bits per heavy atom. The number of imidazole rings is 1. The van der Waals surface area contributed by atoms with Crippen LogP contribution in [-0.2, 0) is 0 Å². The van der Waals surface area contributed by atoms with E-state index in [4.69, 9.17) is 0 Å². The van der Waals surface area contributed by atoms with E-state index in [1.807, 2.05) is 17.5 Å². The predicted octanol–water partition coefficient (Wildman–Crippen LogP) is 2.60. The van der Waals surface area contributed by atoms with Gasteiger partial charge in [-0.25, -0.2) is 4.98 Å². The highest BCUT2D eigenvalue weighted by Gasteiger charge is 2.10. The maximum atomic E-state index is 12.2. The number of aromatic hydroxyl groups is 1. The number of phenols is 1. The molecule has 2 N–H and O–H groups in total. The topological polar surface area (TPSA) is 66.6 Å². The number of anilines is 1. The van der Waals surface area contributed by atoms with Crippen LogP contribution in [0.1, 0.15) is 16.1 Å². The van der Waals surface area contributed by atoms with Crippen LogP contribution in [-0.4, -0.2) is 20.4 Å². The molecule has 20 heavy (non-hydrogen) atoms. The summed E-state index contributed by atoms with van der Waals surface area (Å²) in [5.74, 6) is -0.242. The number of para-hydroxylation sites is 2. The first kappa shape index (κ1) is 12.2. The van der Waals surface area contributed by atoms with E-state index < -0.39 is 0 Å². The van der Waals surface area contributed by atoms with Gasteiger partial charge in [0.2, 0.25) is 0 Å². The summed E-state index contributed by atoms with van der Waals surface area (Å²) in [5.41, 5.74) is 2.49. The molecule has 1 aromatic carbocycles. The summed E-state index contributed by atoms with van der Waals surface area (Å²) in [6.07, 6.45) is 3.68. The van der Waals surface area contributed by atoms with Crippen LogP contribution in [0, 0.1) is 6.92 Å². The SMILES string of the molecule is Cc1cn2ccc(C(=O)Nc3ccccc3O)cc2n1. The number of pyridine rings is 1. The molecular weight excluding hydrogens is 254 g/mol. The maximum Gasteiger partial charge on any atom is 0.255 e. The van der Waals surface area contributed by atoms with Gasteiger partial charge in [-0.3, -0.25) is 4.79 Å². The number of nitrogens with zero attached hydrogens (tertiary/aromatic N) is 2. The average Bonchev–Trinajstić information content (AvgIpc) is 2.80. The molecule has 0 aliphatic carbocycles. The number of hydrogen-bond donors (Lipinski definition) is 2. The Bertz CT molecular complexity index is 793. The second kappa shape index (κ2) is 4.70. The minimum absolute atomic E-state index is 0.0404. The number of fused-ring (bicyclic) bond motifs is 1. The van der Waals surface area contributed by atoms with Gasteiger partial charge in [-0.2, -0.15) is 0 Å². The molecule has 2 aromatic heterocycles. The smallest absolute Gasteiger partial charge is 0.255 e. The molecule has 3 aromatic rings. The first-order valence-electron chi connectivity index (χ1n) is 6.18. The summed E-state index contributed by atoms with van der Waals surface area (Å²) in [6.45, 7) is 1.90. The highest BCUT2D eigenvalue weighted by atomic mass is 16.3. The van der Waals surface area contributed by atoms with Crippen LogP contribution in [0.15, 0.2) is 48.8 Å². The zero-order chi connectivity index (χ0) is 14.1. The first-order chi connectivity index (χ1) is 9.63. The van der Waals surface area contributed by atoms with Crippen LogP contribution >= 0.6 is 0 Å². The molecule has 0 bridgehead atoms. The van der Waals surface area contributed by atoms with Crippen molar-refractivity contribution in [1.82, 2.24) is 9.38 Å². The Kier molecular flexibility index (Phi) is 2.87.